The Balaban J connectivity index is 1.15. The van der Waals surface area contributed by atoms with E-state index in [2.05, 4.69) is 36.2 Å². The van der Waals surface area contributed by atoms with E-state index >= 15 is 0 Å². The van der Waals surface area contributed by atoms with E-state index < -0.39 is 12.0 Å². The molecule has 35 heavy (non-hydrogen) atoms. The van der Waals surface area contributed by atoms with Crippen LogP contribution in [0.4, 0.5) is 20.3 Å². The van der Waals surface area contributed by atoms with Crippen LogP contribution in [0.3, 0.4) is 0 Å². The molecule has 6 rings (SSSR count). The molecular weight excluding hydrogens is 458 g/mol. The first kappa shape index (κ1) is 22.4. The first-order valence-corrected chi connectivity index (χ1v) is 11.9. The summed E-state index contributed by atoms with van der Waals surface area (Å²) in [4.78, 5) is 21.3. The van der Waals surface area contributed by atoms with Crippen molar-refractivity contribution in [2.45, 2.75) is 56.8 Å². The van der Waals surface area contributed by atoms with E-state index in [1.165, 1.54) is 6.20 Å². The van der Waals surface area contributed by atoms with Crippen molar-refractivity contribution in [2.75, 3.05) is 17.7 Å². The lowest BCUT2D eigenvalue weighted by Gasteiger charge is -2.34. The van der Waals surface area contributed by atoms with Crippen LogP contribution >= 0.6 is 0 Å². The number of aryl methyl sites for hydroxylation is 1. The molecule has 0 radical (unpaired) electrons. The van der Waals surface area contributed by atoms with Crippen LogP contribution in [-0.2, 0) is 10.2 Å². The van der Waals surface area contributed by atoms with Gasteiger partial charge in [0, 0.05) is 17.6 Å². The molecule has 4 unspecified atom stereocenters. The summed E-state index contributed by atoms with van der Waals surface area (Å²) >= 11 is 0. The highest BCUT2D eigenvalue weighted by molar-refractivity contribution is 6.09. The molecule has 2 aliphatic heterocycles. The van der Waals surface area contributed by atoms with Crippen LogP contribution in [0.5, 0.6) is 11.5 Å². The molecule has 3 fully saturated rings. The Morgan fingerprint density at radius 2 is 2.11 bits per heavy atom. The SMILES string of the molecule is COc1ccc2c(c1)[C@]1(C[C@H]1C1CCC3C(C1)NNC3Nc1nc(C)ncc1OC(F)F)C(=O)N2. The summed E-state index contributed by atoms with van der Waals surface area (Å²) in [5.74, 6) is 2.43. The second kappa shape index (κ2) is 8.27. The minimum atomic E-state index is -2.96. The molecule has 6 atom stereocenters. The van der Waals surface area contributed by atoms with Gasteiger partial charge in [-0.05, 0) is 68.2 Å². The molecule has 1 spiro atoms. The first-order valence-electron chi connectivity index (χ1n) is 11.9. The summed E-state index contributed by atoms with van der Waals surface area (Å²) in [7, 11) is 1.64. The van der Waals surface area contributed by atoms with E-state index in [1.54, 1.807) is 14.0 Å². The number of amides is 1. The fraction of sp³-hybridized carbons (Fsp3) is 0.542. The van der Waals surface area contributed by atoms with E-state index in [0.717, 1.165) is 42.7 Å². The zero-order chi connectivity index (χ0) is 24.3. The Bertz CT molecular complexity index is 1170. The number of nitrogens with one attached hydrogen (secondary N) is 4. The lowest BCUT2D eigenvalue weighted by atomic mass is 9.74. The number of carbonyl (C=O) groups excluding carboxylic acids is 1. The third kappa shape index (κ3) is 3.68. The predicted octanol–water partition coefficient (Wildman–Crippen LogP) is 2.94. The number of hydrogen-bond donors (Lipinski definition) is 4. The number of ether oxygens (including phenoxy) is 2. The molecule has 4 N–H and O–H groups in total. The molecule has 3 heterocycles. The molecule has 1 amide bonds. The standard InChI is InChI=1S/C24H28F2N6O3/c1-11-27-10-19(35-23(25)26)21(28-11)30-20-14-5-3-12(7-18(14)31-32-20)16-9-24(16)15-8-13(34-2)4-6-17(15)29-22(24)33/h4,6,8,10,12,14,16,18,20,23,31-32H,3,5,7,9H2,1-2H3,(H,29,33)(H,27,28,30)/t12?,14?,16-,18?,20?,24-/m0/s1. The topological polar surface area (TPSA) is 109 Å². The van der Waals surface area contributed by atoms with Crippen molar-refractivity contribution in [3.63, 3.8) is 0 Å². The summed E-state index contributed by atoms with van der Waals surface area (Å²) in [5, 5.41) is 6.30. The number of benzene rings is 1. The number of halogens is 2. The maximum Gasteiger partial charge on any atom is 0.387 e. The fourth-order valence-corrected chi connectivity index (χ4v) is 6.41. The third-order valence-corrected chi connectivity index (χ3v) is 8.13. The van der Waals surface area contributed by atoms with Crippen LogP contribution in [0, 0.1) is 24.7 Å². The van der Waals surface area contributed by atoms with Crippen molar-refractivity contribution in [1.82, 2.24) is 20.8 Å². The Morgan fingerprint density at radius 1 is 1.26 bits per heavy atom. The van der Waals surface area contributed by atoms with Gasteiger partial charge in [-0.1, -0.05) is 0 Å². The molecular formula is C24H28F2N6O3. The van der Waals surface area contributed by atoms with Crippen LogP contribution in [0.15, 0.2) is 24.4 Å². The first-order chi connectivity index (χ1) is 16.9. The molecule has 1 aromatic heterocycles. The van der Waals surface area contributed by atoms with Crippen molar-refractivity contribution in [3.8, 4) is 11.5 Å². The van der Waals surface area contributed by atoms with Gasteiger partial charge in [0.05, 0.1) is 24.9 Å². The minimum Gasteiger partial charge on any atom is -0.497 e. The van der Waals surface area contributed by atoms with Crippen LogP contribution < -0.4 is 31.0 Å². The van der Waals surface area contributed by atoms with Crippen molar-refractivity contribution in [1.29, 1.82) is 0 Å². The second-order valence-electron chi connectivity index (χ2n) is 9.91. The summed E-state index contributed by atoms with van der Waals surface area (Å²) in [6.45, 7) is -1.26. The van der Waals surface area contributed by atoms with Gasteiger partial charge in [0.15, 0.2) is 11.6 Å². The highest BCUT2D eigenvalue weighted by Gasteiger charge is 2.67. The molecule has 1 saturated heterocycles. The highest BCUT2D eigenvalue weighted by Crippen LogP contribution is 2.65. The number of hydrogen-bond acceptors (Lipinski definition) is 8. The van der Waals surface area contributed by atoms with Crippen LogP contribution in [0.2, 0.25) is 0 Å². The maximum atomic E-state index is 13.0. The number of anilines is 2. The largest absolute Gasteiger partial charge is 0.497 e. The Morgan fingerprint density at radius 3 is 2.91 bits per heavy atom. The van der Waals surface area contributed by atoms with Crippen molar-refractivity contribution < 1.29 is 23.0 Å². The number of methoxy groups -OCH3 is 1. The van der Waals surface area contributed by atoms with Gasteiger partial charge in [-0.15, -0.1) is 0 Å². The van der Waals surface area contributed by atoms with E-state index in [9.17, 15) is 13.6 Å². The summed E-state index contributed by atoms with van der Waals surface area (Å²) in [6, 6.07) is 5.99. The van der Waals surface area contributed by atoms with Gasteiger partial charge >= 0.3 is 6.61 Å². The molecule has 2 aromatic rings. The van der Waals surface area contributed by atoms with Crippen LogP contribution in [-0.4, -0.2) is 41.8 Å². The Labute approximate surface area is 201 Å². The average molecular weight is 487 g/mol. The number of fused-ring (bicyclic) bond motifs is 3. The molecule has 1 aromatic carbocycles. The third-order valence-electron chi connectivity index (χ3n) is 8.13. The number of rotatable bonds is 6. The summed E-state index contributed by atoms with van der Waals surface area (Å²) < 4.78 is 35.7. The van der Waals surface area contributed by atoms with E-state index in [0.29, 0.717) is 17.7 Å². The number of alkyl halides is 2. The van der Waals surface area contributed by atoms with E-state index in [1.807, 2.05) is 18.2 Å². The summed E-state index contributed by atoms with van der Waals surface area (Å²) in [6.07, 6.45) is 4.78. The molecule has 0 bridgehead atoms. The summed E-state index contributed by atoms with van der Waals surface area (Å²) in [5.41, 5.74) is 8.13. The van der Waals surface area contributed by atoms with Gasteiger partial charge < -0.3 is 20.1 Å². The van der Waals surface area contributed by atoms with Gasteiger partial charge in [0.2, 0.25) is 5.91 Å². The Kier molecular flexibility index (Phi) is 5.29. The Hall–Kier alpha value is -3.05. The van der Waals surface area contributed by atoms with Gasteiger partial charge in [0.25, 0.3) is 0 Å². The molecule has 9 nitrogen and oxygen atoms in total. The second-order valence-corrected chi connectivity index (χ2v) is 9.91. The van der Waals surface area contributed by atoms with Crippen molar-refractivity contribution in [3.05, 3.63) is 35.8 Å². The number of carbonyl (C=O) groups is 1. The van der Waals surface area contributed by atoms with Crippen LogP contribution in [0.1, 0.15) is 37.1 Å². The molecule has 186 valence electrons. The quantitative estimate of drug-likeness (QED) is 0.494. The minimum absolute atomic E-state index is 0.0780. The zero-order valence-corrected chi connectivity index (χ0v) is 19.5. The zero-order valence-electron chi connectivity index (χ0n) is 19.5. The molecule has 2 saturated carbocycles. The molecule has 2 aliphatic carbocycles. The van der Waals surface area contributed by atoms with E-state index in [4.69, 9.17) is 4.74 Å². The number of nitrogens with zero attached hydrogens (tertiary/aromatic N) is 2. The lowest BCUT2D eigenvalue weighted by molar-refractivity contribution is -0.118. The van der Waals surface area contributed by atoms with E-state index in [-0.39, 0.29) is 35.6 Å². The van der Waals surface area contributed by atoms with Gasteiger partial charge in [-0.2, -0.15) is 8.78 Å². The van der Waals surface area contributed by atoms with Crippen LogP contribution in [0.25, 0.3) is 0 Å². The number of aromatic nitrogens is 2. The molecule has 11 heteroatoms. The predicted molar refractivity (Wildman–Crippen MR) is 123 cm³/mol. The number of hydrazine groups is 1. The molecule has 4 aliphatic rings. The van der Waals surface area contributed by atoms with Gasteiger partial charge in [-0.3, -0.25) is 10.2 Å². The smallest absolute Gasteiger partial charge is 0.387 e. The van der Waals surface area contributed by atoms with Crippen molar-refractivity contribution in [2.24, 2.45) is 17.8 Å². The van der Waals surface area contributed by atoms with Gasteiger partial charge in [0.1, 0.15) is 11.6 Å². The highest BCUT2D eigenvalue weighted by atomic mass is 19.3. The monoisotopic (exact) mass is 486 g/mol. The van der Waals surface area contributed by atoms with Gasteiger partial charge in [-0.25, -0.2) is 15.4 Å². The lowest BCUT2D eigenvalue weighted by Crippen LogP contribution is -2.39. The maximum absolute atomic E-state index is 13.0. The average Bonchev–Trinajstić information content (AvgIpc) is 3.39. The van der Waals surface area contributed by atoms with Crippen molar-refractivity contribution >= 4 is 17.4 Å². The fourth-order valence-electron chi connectivity index (χ4n) is 6.41. The normalized spacial score (nSPS) is 32.8.